The molecule has 0 unspecified atom stereocenters. The molecular formula is C23H28N2O5S. The van der Waals surface area contributed by atoms with Gasteiger partial charge in [0.05, 0.1) is 10.5 Å². The Morgan fingerprint density at radius 1 is 1.00 bits per heavy atom. The third kappa shape index (κ3) is 6.15. The number of amides is 1. The van der Waals surface area contributed by atoms with E-state index in [0.29, 0.717) is 19.6 Å². The third-order valence-corrected chi connectivity index (χ3v) is 7.13. The van der Waals surface area contributed by atoms with Crippen LogP contribution in [0.2, 0.25) is 0 Å². The van der Waals surface area contributed by atoms with Crippen molar-refractivity contribution < 1.29 is 22.7 Å². The minimum Gasteiger partial charge on any atom is -0.449 e. The summed E-state index contributed by atoms with van der Waals surface area (Å²) in [4.78, 5) is 24.9. The highest BCUT2D eigenvalue weighted by Crippen LogP contribution is 2.21. The molecule has 1 N–H and O–H groups in total. The number of nitrogens with one attached hydrogen (secondary N) is 1. The number of sulfonamides is 1. The lowest BCUT2D eigenvalue weighted by Gasteiger charge is -2.20. The van der Waals surface area contributed by atoms with Crippen molar-refractivity contribution in [2.45, 2.75) is 50.2 Å². The van der Waals surface area contributed by atoms with E-state index >= 15 is 0 Å². The molecule has 1 amide bonds. The predicted molar refractivity (Wildman–Crippen MR) is 117 cm³/mol. The zero-order valence-corrected chi connectivity index (χ0v) is 18.4. The van der Waals surface area contributed by atoms with Gasteiger partial charge in [0.25, 0.3) is 5.91 Å². The fourth-order valence-electron chi connectivity index (χ4n) is 3.43. The maximum absolute atomic E-state index is 13.0. The molecule has 1 aliphatic heterocycles. The fraction of sp³-hybridized carbons (Fsp3) is 0.391. The van der Waals surface area contributed by atoms with Crippen LogP contribution in [-0.4, -0.2) is 43.8 Å². The number of hydrogen-bond donors (Lipinski definition) is 1. The number of ether oxygens (including phenoxy) is 1. The molecule has 2 aromatic carbocycles. The zero-order chi connectivity index (χ0) is 22.3. The molecule has 0 radical (unpaired) electrons. The highest BCUT2D eigenvalue weighted by molar-refractivity contribution is 7.89. The summed E-state index contributed by atoms with van der Waals surface area (Å²) in [6.45, 7) is 2.77. The Morgan fingerprint density at radius 2 is 1.68 bits per heavy atom. The number of rotatable bonds is 7. The predicted octanol–water partition coefficient (Wildman–Crippen LogP) is 3.11. The zero-order valence-electron chi connectivity index (χ0n) is 17.6. The monoisotopic (exact) mass is 444 g/mol. The summed E-state index contributed by atoms with van der Waals surface area (Å²) in [7, 11) is -3.68. The third-order valence-electron chi connectivity index (χ3n) is 5.24. The lowest BCUT2D eigenvalue weighted by Crippen LogP contribution is -2.35. The first-order chi connectivity index (χ1) is 14.9. The van der Waals surface area contributed by atoms with Gasteiger partial charge < -0.3 is 10.1 Å². The van der Waals surface area contributed by atoms with Crippen LogP contribution in [0.3, 0.4) is 0 Å². The van der Waals surface area contributed by atoms with Gasteiger partial charge in [0.1, 0.15) is 0 Å². The van der Waals surface area contributed by atoms with E-state index in [0.717, 1.165) is 31.2 Å². The Labute approximate surface area is 183 Å². The summed E-state index contributed by atoms with van der Waals surface area (Å²) >= 11 is 0. The number of hydrogen-bond acceptors (Lipinski definition) is 5. The Bertz CT molecular complexity index is 1000. The second-order valence-electron chi connectivity index (χ2n) is 7.60. The topological polar surface area (TPSA) is 92.8 Å². The number of esters is 1. The van der Waals surface area contributed by atoms with E-state index in [1.807, 2.05) is 30.3 Å². The van der Waals surface area contributed by atoms with Gasteiger partial charge >= 0.3 is 5.97 Å². The molecule has 0 bridgehead atoms. The van der Waals surface area contributed by atoms with Gasteiger partial charge in [-0.3, -0.25) is 4.79 Å². The SMILES string of the molecule is C[C@H](OC(=O)c1cccc(S(=O)(=O)N2CCCCCC2)c1)C(=O)NCc1ccccc1. The van der Waals surface area contributed by atoms with Crippen LogP contribution in [-0.2, 0) is 26.1 Å². The second kappa shape index (κ2) is 10.5. The molecule has 8 heteroatoms. The first kappa shape index (κ1) is 23.0. The summed E-state index contributed by atoms with van der Waals surface area (Å²) in [5, 5.41) is 2.72. The van der Waals surface area contributed by atoms with E-state index in [1.165, 1.54) is 35.5 Å². The number of carbonyl (C=O) groups is 2. The first-order valence-electron chi connectivity index (χ1n) is 10.5. The normalized spacial score (nSPS) is 16.2. The van der Waals surface area contributed by atoms with Gasteiger partial charge in [0.15, 0.2) is 6.10 Å². The standard InChI is InChI=1S/C23H28N2O5S/c1-18(22(26)24-17-19-10-5-4-6-11-19)30-23(27)20-12-9-13-21(16-20)31(28,29)25-14-7-2-3-8-15-25/h4-6,9-13,16,18H,2-3,7-8,14-15,17H2,1H3,(H,24,26)/t18-/m0/s1. The molecule has 1 fully saturated rings. The molecule has 0 aliphatic carbocycles. The molecule has 166 valence electrons. The molecule has 31 heavy (non-hydrogen) atoms. The second-order valence-corrected chi connectivity index (χ2v) is 9.54. The van der Waals surface area contributed by atoms with E-state index in [2.05, 4.69) is 5.32 Å². The lowest BCUT2D eigenvalue weighted by molar-refractivity contribution is -0.129. The number of benzene rings is 2. The van der Waals surface area contributed by atoms with Crippen LogP contribution in [0.1, 0.15) is 48.5 Å². The van der Waals surface area contributed by atoms with Gasteiger partial charge in [-0.1, -0.05) is 49.2 Å². The Balaban J connectivity index is 1.63. The Kier molecular flexibility index (Phi) is 7.81. The fourth-order valence-corrected chi connectivity index (χ4v) is 4.99. The average molecular weight is 445 g/mol. The van der Waals surface area contributed by atoms with Crippen molar-refractivity contribution in [2.75, 3.05) is 13.1 Å². The summed E-state index contributed by atoms with van der Waals surface area (Å²) in [5.41, 5.74) is 1.03. The van der Waals surface area contributed by atoms with Gasteiger partial charge in [-0.05, 0) is 43.5 Å². The molecule has 1 atom stereocenters. The van der Waals surface area contributed by atoms with E-state index in [1.54, 1.807) is 0 Å². The Hall–Kier alpha value is -2.71. The number of nitrogens with zero attached hydrogens (tertiary/aromatic N) is 1. The average Bonchev–Trinajstić information content (AvgIpc) is 3.08. The molecular weight excluding hydrogens is 416 g/mol. The van der Waals surface area contributed by atoms with Crippen LogP contribution >= 0.6 is 0 Å². The molecule has 1 saturated heterocycles. The molecule has 0 spiro atoms. The van der Waals surface area contributed by atoms with Crippen molar-refractivity contribution in [3.05, 3.63) is 65.7 Å². The van der Waals surface area contributed by atoms with Crippen molar-refractivity contribution in [3.63, 3.8) is 0 Å². The largest absolute Gasteiger partial charge is 0.449 e. The molecule has 7 nitrogen and oxygen atoms in total. The molecule has 0 saturated carbocycles. The smallest absolute Gasteiger partial charge is 0.338 e. The minimum atomic E-state index is -3.68. The molecule has 2 aromatic rings. The summed E-state index contributed by atoms with van der Waals surface area (Å²) in [6.07, 6.45) is 2.68. The van der Waals surface area contributed by atoms with E-state index < -0.39 is 28.0 Å². The summed E-state index contributed by atoms with van der Waals surface area (Å²) in [5.74, 6) is -1.17. The van der Waals surface area contributed by atoms with Crippen LogP contribution in [0.5, 0.6) is 0 Å². The van der Waals surface area contributed by atoms with Crippen LogP contribution in [0.4, 0.5) is 0 Å². The van der Waals surface area contributed by atoms with Gasteiger partial charge in [0.2, 0.25) is 10.0 Å². The van der Waals surface area contributed by atoms with Crippen molar-refractivity contribution in [1.29, 1.82) is 0 Å². The maximum atomic E-state index is 13.0. The van der Waals surface area contributed by atoms with Crippen molar-refractivity contribution in [1.82, 2.24) is 9.62 Å². The molecule has 0 aromatic heterocycles. The highest BCUT2D eigenvalue weighted by Gasteiger charge is 2.26. The van der Waals surface area contributed by atoms with Crippen molar-refractivity contribution in [2.24, 2.45) is 0 Å². The van der Waals surface area contributed by atoms with E-state index in [4.69, 9.17) is 4.74 Å². The molecule has 3 rings (SSSR count). The highest BCUT2D eigenvalue weighted by atomic mass is 32.2. The van der Waals surface area contributed by atoms with Crippen LogP contribution in [0, 0.1) is 0 Å². The molecule has 1 aliphatic rings. The van der Waals surface area contributed by atoms with Crippen LogP contribution in [0.25, 0.3) is 0 Å². The van der Waals surface area contributed by atoms with Crippen molar-refractivity contribution >= 4 is 21.9 Å². The van der Waals surface area contributed by atoms with E-state index in [9.17, 15) is 18.0 Å². The Morgan fingerprint density at radius 3 is 2.35 bits per heavy atom. The van der Waals surface area contributed by atoms with Gasteiger partial charge in [-0.15, -0.1) is 0 Å². The first-order valence-corrected chi connectivity index (χ1v) is 11.9. The van der Waals surface area contributed by atoms with Gasteiger partial charge in [-0.2, -0.15) is 4.31 Å². The molecule has 1 heterocycles. The minimum absolute atomic E-state index is 0.0602. The summed E-state index contributed by atoms with van der Waals surface area (Å²) in [6, 6.07) is 15.2. The quantitative estimate of drug-likeness (QED) is 0.663. The van der Waals surface area contributed by atoms with Crippen LogP contribution < -0.4 is 5.32 Å². The van der Waals surface area contributed by atoms with Crippen molar-refractivity contribution in [3.8, 4) is 0 Å². The van der Waals surface area contributed by atoms with Crippen LogP contribution in [0.15, 0.2) is 59.5 Å². The maximum Gasteiger partial charge on any atom is 0.338 e. The summed E-state index contributed by atoms with van der Waals surface area (Å²) < 4.78 is 32.7. The number of carbonyl (C=O) groups excluding carboxylic acids is 2. The van der Waals surface area contributed by atoms with Gasteiger partial charge in [0, 0.05) is 19.6 Å². The van der Waals surface area contributed by atoms with E-state index in [-0.39, 0.29) is 10.5 Å². The lowest BCUT2D eigenvalue weighted by atomic mass is 10.2. The van der Waals surface area contributed by atoms with Gasteiger partial charge in [-0.25, -0.2) is 13.2 Å².